The van der Waals surface area contributed by atoms with Crippen LogP contribution in [0.4, 0.5) is 0 Å². The number of hydrogen-bond acceptors (Lipinski definition) is 2. The third kappa shape index (κ3) is 1.76. The van der Waals surface area contributed by atoms with Crippen molar-refractivity contribution in [1.29, 1.82) is 0 Å². The highest BCUT2D eigenvalue weighted by atomic mass is 79.9. The largest absolute Gasteiger partial charge is 0.325 e. The Bertz CT molecular complexity index is 529. The number of rotatable bonds is 2. The number of imidazole rings is 1. The molecule has 2 heterocycles. The Morgan fingerprint density at radius 3 is 2.75 bits per heavy atom. The van der Waals surface area contributed by atoms with Crippen molar-refractivity contribution in [2.75, 3.05) is 0 Å². The fraction of sp³-hybridized carbons (Fsp3) is 0.417. The highest BCUT2D eigenvalue weighted by molar-refractivity contribution is 9.10. The highest BCUT2D eigenvalue weighted by Crippen LogP contribution is 2.25. The van der Waals surface area contributed by atoms with Crippen LogP contribution < -0.4 is 5.73 Å². The molecule has 0 amide bonds. The maximum atomic E-state index is 5.82. The van der Waals surface area contributed by atoms with Gasteiger partial charge in [-0.2, -0.15) is 0 Å². The highest BCUT2D eigenvalue weighted by Gasteiger charge is 2.15. The van der Waals surface area contributed by atoms with Crippen molar-refractivity contribution >= 4 is 21.6 Å². The van der Waals surface area contributed by atoms with E-state index in [0.29, 0.717) is 12.5 Å². The SMILES string of the molecule is Cc1cc(Br)c2nc(C(C)C)c(CN)n2c1. The van der Waals surface area contributed by atoms with E-state index in [-0.39, 0.29) is 0 Å². The van der Waals surface area contributed by atoms with Crippen molar-refractivity contribution in [3.8, 4) is 0 Å². The quantitative estimate of drug-likeness (QED) is 0.920. The number of nitrogens with zero attached hydrogens (tertiary/aromatic N) is 2. The standard InChI is InChI=1S/C12H16BrN3/c1-7(2)11-10(5-14)16-6-8(3)4-9(13)12(16)15-11/h4,6-7H,5,14H2,1-3H3. The molecule has 0 radical (unpaired) electrons. The van der Waals surface area contributed by atoms with E-state index in [0.717, 1.165) is 21.5 Å². The average molecular weight is 282 g/mol. The topological polar surface area (TPSA) is 43.3 Å². The first-order chi connectivity index (χ1) is 7.54. The Morgan fingerprint density at radius 2 is 2.19 bits per heavy atom. The molecule has 16 heavy (non-hydrogen) atoms. The molecule has 2 aromatic rings. The molecule has 0 saturated heterocycles. The summed E-state index contributed by atoms with van der Waals surface area (Å²) in [5.74, 6) is 0.394. The maximum absolute atomic E-state index is 5.82. The van der Waals surface area contributed by atoms with Gasteiger partial charge in [-0.1, -0.05) is 13.8 Å². The molecule has 0 aliphatic heterocycles. The summed E-state index contributed by atoms with van der Waals surface area (Å²) in [4.78, 5) is 4.66. The summed E-state index contributed by atoms with van der Waals surface area (Å²) in [6, 6.07) is 2.08. The van der Waals surface area contributed by atoms with Gasteiger partial charge in [0.1, 0.15) is 0 Å². The van der Waals surface area contributed by atoms with Crippen LogP contribution in [0.5, 0.6) is 0 Å². The van der Waals surface area contributed by atoms with E-state index in [9.17, 15) is 0 Å². The summed E-state index contributed by atoms with van der Waals surface area (Å²) in [5, 5.41) is 0. The van der Waals surface area contributed by atoms with Crippen LogP contribution in [0, 0.1) is 6.92 Å². The zero-order chi connectivity index (χ0) is 11.9. The number of nitrogens with two attached hydrogens (primary N) is 1. The van der Waals surface area contributed by atoms with E-state index in [2.05, 4.69) is 58.3 Å². The van der Waals surface area contributed by atoms with Crippen LogP contribution >= 0.6 is 15.9 Å². The summed E-state index contributed by atoms with van der Waals surface area (Å²) in [7, 11) is 0. The molecule has 3 nitrogen and oxygen atoms in total. The van der Waals surface area contributed by atoms with Crippen LogP contribution in [-0.2, 0) is 6.54 Å². The predicted octanol–water partition coefficient (Wildman–Crippen LogP) is 2.99. The van der Waals surface area contributed by atoms with Gasteiger partial charge in [0, 0.05) is 12.7 Å². The van der Waals surface area contributed by atoms with Gasteiger partial charge < -0.3 is 10.1 Å². The van der Waals surface area contributed by atoms with Crippen molar-refractivity contribution in [3.05, 3.63) is 33.7 Å². The van der Waals surface area contributed by atoms with Gasteiger partial charge in [0.2, 0.25) is 0 Å². The molecule has 0 bridgehead atoms. The molecule has 2 rings (SSSR count). The predicted molar refractivity (Wildman–Crippen MR) is 69.6 cm³/mol. The van der Waals surface area contributed by atoms with Gasteiger partial charge in [0.05, 0.1) is 15.9 Å². The van der Waals surface area contributed by atoms with Gasteiger partial charge in [-0.05, 0) is 40.4 Å². The summed E-state index contributed by atoms with van der Waals surface area (Å²) in [6.07, 6.45) is 2.08. The fourth-order valence-corrected chi connectivity index (χ4v) is 2.60. The monoisotopic (exact) mass is 281 g/mol. The minimum absolute atomic E-state index is 0.394. The first-order valence-electron chi connectivity index (χ1n) is 5.41. The number of aromatic nitrogens is 2. The van der Waals surface area contributed by atoms with Crippen molar-refractivity contribution in [2.45, 2.75) is 33.2 Å². The molecule has 0 aliphatic carbocycles. The number of aryl methyl sites for hydroxylation is 1. The van der Waals surface area contributed by atoms with E-state index >= 15 is 0 Å². The Morgan fingerprint density at radius 1 is 1.50 bits per heavy atom. The van der Waals surface area contributed by atoms with E-state index < -0.39 is 0 Å². The van der Waals surface area contributed by atoms with Crippen molar-refractivity contribution in [3.63, 3.8) is 0 Å². The zero-order valence-electron chi connectivity index (χ0n) is 9.79. The average Bonchev–Trinajstić information content (AvgIpc) is 2.56. The van der Waals surface area contributed by atoms with E-state index in [1.54, 1.807) is 0 Å². The van der Waals surface area contributed by atoms with E-state index in [4.69, 9.17) is 5.73 Å². The second kappa shape index (κ2) is 4.18. The minimum Gasteiger partial charge on any atom is -0.325 e. The first-order valence-corrected chi connectivity index (χ1v) is 6.21. The maximum Gasteiger partial charge on any atom is 0.151 e. The van der Waals surface area contributed by atoms with Gasteiger partial charge >= 0.3 is 0 Å². The first kappa shape index (κ1) is 11.6. The molecule has 0 fully saturated rings. The van der Waals surface area contributed by atoms with Crippen molar-refractivity contribution < 1.29 is 0 Å². The van der Waals surface area contributed by atoms with Gasteiger partial charge in [0.15, 0.2) is 5.65 Å². The van der Waals surface area contributed by atoms with Gasteiger partial charge in [-0.25, -0.2) is 4.98 Å². The van der Waals surface area contributed by atoms with Crippen LogP contribution in [0.3, 0.4) is 0 Å². The molecule has 4 heteroatoms. The lowest BCUT2D eigenvalue weighted by atomic mass is 10.1. The lowest BCUT2D eigenvalue weighted by Gasteiger charge is -2.05. The molecular formula is C12H16BrN3. The Kier molecular flexibility index (Phi) is 3.04. The molecule has 86 valence electrons. The molecule has 0 spiro atoms. The second-order valence-corrected chi connectivity index (χ2v) is 5.22. The molecule has 0 unspecified atom stereocenters. The van der Waals surface area contributed by atoms with Gasteiger partial charge in [0.25, 0.3) is 0 Å². The zero-order valence-corrected chi connectivity index (χ0v) is 11.4. The Labute approximate surface area is 104 Å². The molecule has 0 aromatic carbocycles. The lowest BCUT2D eigenvalue weighted by molar-refractivity contribution is 0.799. The summed E-state index contributed by atoms with van der Waals surface area (Å²) < 4.78 is 3.11. The Balaban J connectivity index is 2.82. The van der Waals surface area contributed by atoms with Gasteiger partial charge in [-0.15, -0.1) is 0 Å². The van der Waals surface area contributed by atoms with E-state index in [1.807, 2.05) is 0 Å². The fourth-order valence-electron chi connectivity index (χ4n) is 1.96. The third-order valence-electron chi connectivity index (χ3n) is 2.68. The second-order valence-electron chi connectivity index (χ2n) is 4.36. The number of fused-ring (bicyclic) bond motifs is 1. The summed E-state index contributed by atoms with van der Waals surface area (Å²) >= 11 is 3.55. The van der Waals surface area contributed by atoms with Crippen LogP contribution in [0.25, 0.3) is 5.65 Å². The number of halogens is 1. The smallest absolute Gasteiger partial charge is 0.151 e. The lowest BCUT2D eigenvalue weighted by Crippen LogP contribution is -2.05. The van der Waals surface area contributed by atoms with Gasteiger partial charge in [-0.3, -0.25) is 0 Å². The molecule has 0 aliphatic rings. The van der Waals surface area contributed by atoms with Crippen LogP contribution in [0.2, 0.25) is 0 Å². The van der Waals surface area contributed by atoms with Crippen LogP contribution in [0.1, 0.15) is 36.7 Å². The van der Waals surface area contributed by atoms with Crippen LogP contribution in [0.15, 0.2) is 16.7 Å². The van der Waals surface area contributed by atoms with Crippen molar-refractivity contribution in [2.24, 2.45) is 5.73 Å². The molecular weight excluding hydrogens is 266 g/mol. The molecule has 2 N–H and O–H groups in total. The molecule has 2 aromatic heterocycles. The summed E-state index contributed by atoms with van der Waals surface area (Å²) in [6.45, 7) is 6.87. The summed E-state index contributed by atoms with van der Waals surface area (Å²) in [5.41, 5.74) is 10.2. The number of pyridine rings is 1. The van der Waals surface area contributed by atoms with Crippen molar-refractivity contribution in [1.82, 2.24) is 9.38 Å². The third-order valence-corrected chi connectivity index (χ3v) is 3.27. The van der Waals surface area contributed by atoms with Crippen LogP contribution in [-0.4, -0.2) is 9.38 Å². The van der Waals surface area contributed by atoms with E-state index in [1.165, 1.54) is 5.56 Å². The normalized spacial score (nSPS) is 11.6. The minimum atomic E-state index is 0.394. The molecule has 0 saturated carbocycles. The number of hydrogen-bond donors (Lipinski definition) is 1. The molecule has 0 atom stereocenters. The Hall–Kier alpha value is -0.870.